The number of halogens is 3. The number of thiazole rings is 1. The van der Waals surface area contributed by atoms with E-state index in [1.165, 1.54) is 31.4 Å². The van der Waals surface area contributed by atoms with Crippen LogP contribution in [-0.2, 0) is 14.3 Å². The number of amides is 1. The molecule has 4 rings (SSSR count). The van der Waals surface area contributed by atoms with E-state index in [9.17, 15) is 23.5 Å². The van der Waals surface area contributed by atoms with E-state index in [0.29, 0.717) is 42.2 Å². The molecule has 1 unspecified atom stereocenters. The van der Waals surface area contributed by atoms with Gasteiger partial charge in [-0.25, -0.2) is 18.6 Å². The van der Waals surface area contributed by atoms with Gasteiger partial charge in [0.05, 0.1) is 24.3 Å². The summed E-state index contributed by atoms with van der Waals surface area (Å²) < 4.78 is 33.4. The Kier molecular flexibility index (Phi) is 9.97. The lowest BCUT2D eigenvalue weighted by Gasteiger charge is -2.38. The molecule has 38 heavy (non-hydrogen) atoms. The van der Waals surface area contributed by atoms with Gasteiger partial charge in [-0.3, -0.25) is 9.79 Å². The number of ether oxygens (including phenoxy) is 1. The Morgan fingerprint density at radius 2 is 1.97 bits per heavy atom. The van der Waals surface area contributed by atoms with E-state index in [0.717, 1.165) is 6.07 Å². The quantitative estimate of drug-likeness (QED) is 0.373. The van der Waals surface area contributed by atoms with Crippen molar-refractivity contribution in [3.63, 3.8) is 0 Å². The second kappa shape index (κ2) is 12.8. The van der Waals surface area contributed by atoms with Crippen molar-refractivity contribution < 1.29 is 28.2 Å². The molecular weight excluding hydrogens is 538 g/mol. The molecule has 1 fully saturated rings. The number of aliphatic hydroxyl groups is 1. The first-order chi connectivity index (χ1) is 17.8. The molecule has 2 heterocycles. The van der Waals surface area contributed by atoms with Crippen LogP contribution in [-0.4, -0.2) is 59.0 Å². The van der Waals surface area contributed by atoms with Crippen LogP contribution in [0.1, 0.15) is 56.6 Å². The molecule has 1 saturated carbocycles. The standard InChI is InChI=1S/C25H27ClF2N4O4S.CH4/c1-13(34)32(10-11-33)15-5-3-14(4-6-15)21-18(25(35)36-2)22(16-7-8-17(27)20(28)19(16)26)31-23(30-21)24-29-9-12-37-24;/h7-9,12,14-15,22,33H,3-6,10-11H2,1-2H3,(H,30,31);1H4. The van der Waals surface area contributed by atoms with E-state index in [1.54, 1.807) is 16.5 Å². The zero-order chi connectivity index (χ0) is 26.7. The zero-order valence-electron chi connectivity index (χ0n) is 20.3. The summed E-state index contributed by atoms with van der Waals surface area (Å²) in [6.45, 7) is 1.62. The number of hydrogen-bond acceptors (Lipinski definition) is 8. The van der Waals surface area contributed by atoms with Gasteiger partial charge in [-0.05, 0) is 37.7 Å². The molecule has 0 bridgehead atoms. The van der Waals surface area contributed by atoms with E-state index >= 15 is 0 Å². The summed E-state index contributed by atoms with van der Waals surface area (Å²) in [5.74, 6) is -2.84. The van der Waals surface area contributed by atoms with Gasteiger partial charge in [0.25, 0.3) is 0 Å². The maximum absolute atomic E-state index is 14.5. The molecule has 0 radical (unpaired) electrons. The molecule has 8 nitrogen and oxygen atoms in total. The molecule has 0 saturated heterocycles. The van der Waals surface area contributed by atoms with Gasteiger partial charge >= 0.3 is 5.97 Å². The number of nitrogens with zero attached hydrogens (tertiary/aromatic N) is 3. The number of hydrogen-bond donors (Lipinski definition) is 2. The summed E-state index contributed by atoms with van der Waals surface area (Å²) in [5, 5.41) is 14.5. The zero-order valence-corrected chi connectivity index (χ0v) is 21.9. The molecule has 1 aliphatic carbocycles. The number of aliphatic hydroxyl groups excluding tert-OH is 1. The largest absolute Gasteiger partial charge is 0.466 e. The minimum Gasteiger partial charge on any atom is -0.466 e. The second-order valence-corrected chi connectivity index (χ2v) is 10.1. The summed E-state index contributed by atoms with van der Waals surface area (Å²) in [7, 11) is 1.24. The predicted octanol–water partition coefficient (Wildman–Crippen LogP) is 4.63. The number of nitrogens with one attached hydrogen (secondary N) is 1. The van der Waals surface area contributed by atoms with E-state index in [1.807, 2.05) is 0 Å². The molecule has 1 amide bonds. The topological polar surface area (TPSA) is 104 Å². The van der Waals surface area contributed by atoms with E-state index in [2.05, 4.69) is 15.3 Å². The number of rotatable bonds is 7. The summed E-state index contributed by atoms with van der Waals surface area (Å²) in [4.78, 5) is 35.9. The number of aliphatic imine (C=N–C) groups is 1. The predicted molar refractivity (Wildman–Crippen MR) is 142 cm³/mol. The first kappa shape index (κ1) is 29.7. The van der Waals surface area contributed by atoms with Gasteiger partial charge in [-0.1, -0.05) is 25.1 Å². The van der Waals surface area contributed by atoms with Crippen molar-refractivity contribution in [3.05, 3.63) is 62.2 Å². The fourth-order valence-corrected chi connectivity index (χ4v) is 5.87. The van der Waals surface area contributed by atoms with Crippen LogP contribution in [0.25, 0.3) is 0 Å². The van der Waals surface area contributed by atoms with Gasteiger partial charge in [0.15, 0.2) is 22.5 Å². The van der Waals surface area contributed by atoms with Crippen molar-refractivity contribution in [1.82, 2.24) is 15.2 Å². The number of benzene rings is 1. The molecular formula is C26H31ClF2N4O4S. The second-order valence-electron chi connectivity index (χ2n) is 8.87. The lowest BCUT2D eigenvalue weighted by molar-refractivity contribution is -0.136. The maximum atomic E-state index is 14.5. The van der Waals surface area contributed by atoms with Crippen molar-refractivity contribution >= 4 is 40.6 Å². The van der Waals surface area contributed by atoms with Crippen LogP contribution in [0.5, 0.6) is 0 Å². The Bertz CT molecular complexity index is 1230. The molecule has 2 aliphatic rings. The normalized spacial score (nSPS) is 21.2. The molecule has 1 aromatic carbocycles. The Labute approximate surface area is 229 Å². The van der Waals surface area contributed by atoms with Crippen LogP contribution in [0.4, 0.5) is 8.78 Å². The van der Waals surface area contributed by atoms with Crippen molar-refractivity contribution in [1.29, 1.82) is 0 Å². The Morgan fingerprint density at radius 1 is 1.26 bits per heavy atom. The van der Waals surface area contributed by atoms with Crippen LogP contribution >= 0.6 is 22.9 Å². The van der Waals surface area contributed by atoms with Gasteiger partial charge in [0.2, 0.25) is 5.91 Å². The minimum atomic E-state index is -1.22. The highest BCUT2D eigenvalue weighted by Crippen LogP contribution is 2.42. The van der Waals surface area contributed by atoms with Crippen LogP contribution in [0.3, 0.4) is 0 Å². The molecule has 1 atom stereocenters. The maximum Gasteiger partial charge on any atom is 0.338 e. The fourth-order valence-electron chi connectivity index (χ4n) is 5.03. The number of aromatic nitrogens is 1. The van der Waals surface area contributed by atoms with Gasteiger partial charge in [0.1, 0.15) is 6.04 Å². The molecule has 12 heteroatoms. The smallest absolute Gasteiger partial charge is 0.338 e. The minimum absolute atomic E-state index is 0. The van der Waals surface area contributed by atoms with Gasteiger partial charge in [-0.2, -0.15) is 0 Å². The van der Waals surface area contributed by atoms with E-state index in [4.69, 9.17) is 16.3 Å². The van der Waals surface area contributed by atoms with E-state index in [-0.39, 0.29) is 49.6 Å². The average Bonchev–Trinajstić information content (AvgIpc) is 3.44. The monoisotopic (exact) mass is 568 g/mol. The number of amidine groups is 1. The summed E-state index contributed by atoms with van der Waals surface area (Å²) in [6, 6.07) is 1.19. The van der Waals surface area contributed by atoms with Crippen molar-refractivity contribution in [2.75, 3.05) is 20.3 Å². The third kappa shape index (κ3) is 5.89. The molecule has 2 aromatic rings. The third-order valence-corrected chi connectivity index (χ3v) is 7.93. The summed E-state index contributed by atoms with van der Waals surface area (Å²) in [5.41, 5.74) is 0.860. The van der Waals surface area contributed by atoms with Crippen LogP contribution in [0, 0.1) is 17.6 Å². The van der Waals surface area contributed by atoms with Crippen molar-refractivity contribution in [2.24, 2.45) is 10.9 Å². The highest BCUT2D eigenvalue weighted by atomic mass is 35.5. The SMILES string of the molecule is C.COC(=O)C1=C(C2CCC(N(CCO)C(C)=O)CC2)NC(c2nccs2)=NC1c1ccc(F)c(F)c1Cl. The number of allylic oxidation sites excluding steroid dienone is 1. The number of carbonyl (C=O) groups excluding carboxylic acids is 2. The van der Waals surface area contributed by atoms with Crippen molar-refractivity contribution in [2.45, 2.75) is 52.1 Å². The van der Waals surface area contributed by atoms with Gasteiger partial charge in [0, 0.05) is 42.3 Å². The van der Waals surface area contributed by atoms with Gasteiger partial charge < -0.3 is 20.1 Å². The fraction of sp³-hybridized carbons (Fsp3) is 0.462. The Morgan fingerprint density at radius 3 is 2.55 bits per heavy atom. The average molecular weight is 569 g/mol. The molecule has 0 spiro atoms. The molecule has 206 valence electrons. The van der Waals surface area contributed by atoms with Crippen LogP contribution in [0.2, 0.25) is 5.02 Å². The van der Waals surface area contributed by atoms with E-state index < -0.39 is 28.7 Å². The number of methoxy groups -OCH3 is 1. The summed E-state index contributed by atoms with van der Waals surface area (Å²) in [6.07, 6.45) is 4.19. The lowest BCUT2D eigenvalue weighted by Crippen LogP contribution is -2.44. The number of carbonyl (C=O) groups is 2. The lowest BCUT2D eigenvalue weighted by atomic mass is 9.80. The Balaban J connectivity index is 0.00000400. The highest BCUT2D eigenvalue weighted by Gasteiger charge is 2.39. The molecule has 1 aromatic heterocycles. The first-order valence-electron chi connectivity index (χ1n) is 11.8. The molecule has 1 aliphatic heterocycles. The Hall–Kier alpha value is -2.89. The highest BCUT2D eigenvalue weighted by molar-refractivity contribution is 7.11. The van der Waals surface area contributed by atoms with Gasteiger partial charge in [-0.15, -0.1) is 11.3 Å². The number of esters is 1. The van der Waals surface area contributed by atoms with Crippen molar-refractivity contribution in [3.8, 4) is 0 Å². The van der Waals surface area contributed by atoms with Crippen LogP contribution < -0.4 is 5.32 Å². The molecule has 2 N–H and O–H groups in total. The first-order valence-corrected chi connectivity index (χ1v) is 13.1. The van der Waals surface area contributed by atoms with Crippen LogP contribution in [0.15, 0.2) is 40.0 Å². The third-order valence-electron chi connectivity index (χ3n) is 6.77. The summed E-state index contributed by atoms with van der Waals surface area (Å²) >= 11 is 7.55.